The van der Waals surface area contributed by atoms with Crippen molar-refractivity contribution >= 4 is 23.4 Å². The highest BCUT2D eigenvalue weighted by Crippen LogP contribution is 2.16. The number of hydrogen-bond donors (Lipinski definition) is 2. The van der Waals surface area contributed by atoms with Gasteiger partial charge in [-0.2, -0.15) is 0 Å². The van der Waals surface area contributed by atoms with E-state index in [0.717, 1.165) is 37.3 Å². The molecule has 0 radical (unpaired) electrons. The Labute approximate surface area is 172 Å². The molecule has 0 aromatic heterocycles. The first-order valence-electron chi connectivity index (χ1n) is 10.2. The van der Waals surface area contributed by atoms with E-state index in [4.69, 9.17) is 0 Å². The molecule has 2 aliphatic heterocycles. The molecule has 1 aromatic rings. The van der Waals surface area contributed by atoms with Crippen LogP contribution in [0.25, 0.3) is 0 Å². The van der Waals surface area contributed by atoms with Gasteiger partial charge in [0.1, 0.15) is 6.04 Å². The number of benzene rings is 1. The Morgan fingerprint density at radius 1 is 1.10 bits per heavy atom. The molecule has 2 aliphatic rings. The van der Waals surface area contributed by atoms with Crippen molar-refractivity contribution in [2.45, 2.75) is 26.3 Å². The quantitative estimate of drug-likeness (QED) is 0.737. The van der Waals surface area contributed by atoms with Gasteiger partial charge in [0.15, 0.2) is 0 Å². The minimum atomic E-state index is -0.768. The molecule has 0 saturated carbocycles. The monoisotopic (exact) mass is 401 g/mol. The first-order valence-corrected chi connectivity index (χ1v) is 10.2. The SMILES string of the molecule is Cc1ccc(NC(=O)C[C@H]2C(=O)NCCN2C(=O)CN2CCN(C)CC2)cc1C. The third kappa shape index (κ3) is 5.55. The zero-order valence-electron chi connectivity index (χ0n) is 17.5. The molecule has 3 amide bonds. The van der Waals surface area contributed by atoms with Crippen LogP contribution in [0.2, 0.25) is 0 Å². The van der Waals surface area contributed by atoms with Crippen LogP contribution in [0.1, 0.15) is 17.5 Å². The molecule has 1 atom stereocenters. The van der Waals surface area contributed by atoms with Crippen LogP contribution in [0, 0.1) is 13.8 Å². The molecular formula is C21H31N5O3. The van der Waals surface area contributed by atoms with Gasteiger partial charge in [0.2, 0.25) is 17.7 Å². The molecule has 3 rings (SSSR count). The summed E-state index contributed by atoms with van der Waals surface area (Å²) in [4.78, 5) is 43.8. The molecule has 2 heterocycles. The average Bonchev–Trinajstić information content (AvgIpc) is 2.68. The minimum Gasteiger partial charge on any atom is -0.353 e. The van der Waals surface area contributed by atoms with E-state index in [-0.39, 0.29) is 30.7 Å². The summed E-state index contributed by atoms with van der Waals surface area (Å²) in [5, 5.41) is 5.63. The maximum atomic E-state index is 12.9. The van der Waals surface area contributed by atoms with E-state index in [1.54, 1.807) is 4.90 Å². The van der Waals surface area contributed by atoms with Crippen molar-refractivity contribution in [1.29, 1.82) is 0 Å². The summed E-state index contributed by atoms with van der Waals surface area (Å²) < 4.78 is 0. The number of rotatable bonds is 5. The Bertz CT molecular complexity index is 774. The first kappa shape index (κ1) is 21.3. The normalized spacial score (nSPS) is 21.0. The summed E-state index contributed by atoms with van der Waals surface area (Å²) in [6.45, 7) is 8.65. The maximum absolute atomic E-state index is 12.9. The number of amides is 3. The van der Waals surface area contributed by atoms with Gasteiger partial charge in [-0.05, 0) is 44.2 Å². The number of aryl methyl sites for hydroxylation is 2. The summed E-state index contributed by atoms with van der Waals surface area (Å²) in [7, 11) is 2.07. The number of piperazine rings is 2. The highest BCUT2D eigenvalue weighted by atomic mass is 16.2. The van der Waals surface area contributed by atoms with Crippen LogP contribution in [-0.2, 0) is 14.4 Å². The number of carbonyl (C=O) groups excluding carboxylic acids is 3. The van der Waals surface area contributed by atoms with E-state index in [0.29, 0.717) is 18.8 Å². The highest BCUT2D eigenvalue weighted by Gasteiger charge is 2.35. The predicted octanol–water partition coefficient (Wildman–Crippen LogP) is 0.206. The van der Waals surface area contributed by atoms with Crippen molar-refractivity contribution in [1.82, 2.24) is 20.0 Å². The van der Waals surface area contributed by atoms with Gasteiger partial charge in [0.25, 0.3) is 0 Å². The topological polar surface area (TPSA) is 85.0 Å². The average molecular weight is 402 g/mol. The van der Waals surface area contributed by atoms with Crippen LogP contribution in [0.3, 0.4) is 0 Å². The number of likely N-dealkylation sites (N-methyl/N-ethyl adjacent to an activating group) is 1. The van der Waals surface area contributed by atoms with E-state index in [1.165, 1.54) is 0 Å². The number of nitrogens with zero attached hydrogens (tertiary/aromatic N) is 3. The second-order valence-corrected chi connectivity index (χ2v) is 8.02. The van der Waals surface area contributed by atoms with E-state index >= 15 is 0 Å². The van der Waals surface area contributed by atoms with Crippen molar-refractivity contribution in [3.63, 3.8) is 0 Å². The fourth-order valence-electron chi connectivity index (χ4n) is 3.71. The van der Waals surface area contributed by atoms with Crippen LogP contribution in [0.15, 0.2) is 18.2 Å². The smallest absolute Gasteiger partial charge is 0.243 e. The zero-order valence-corrected chi connectivity index (χ0v) is 17.5. The van der Waals surface area contributed by atoms with Crippen molar-refractivity contribution in [3.8, 4) is 0 Å². The fraction of sp³-hybridized carbons (Fsp3) is 0.571. The van der Waals surface area contributed by atoms with Crippen molar-refractivity contribution in [2.75, 3.05) is 58.2 Å². The third-order valence-corrected chi connectivity index (χ3v) is 5.78. The molecule has 1 aromatic carbocycles. The zero-order chi connectivity index (χ0) is 21.0. The Morgan fingerprint density at radius 3 is 2.52 bits per heavy atom. The van der Waals surface area contributed by atoms with Gasteiger partial charge in [0.05, 0.1) is 13.0 Å². The molecule has 0 spiro atoms. The van der Waals surface area contributed by atoms with Crippen LogP contribution < -0.4 is 10.6 Å². The number of nitrogens with one attached hydrogen (secondary N) is 2. The summed E-state index contributed by atoms with van der Waals surface area (Å²) in [6.07, 6.45) is -0.0484. The predicted molar refractivity (Wildman–Crippen MR) is 112 cm³/mol. The highest BCUT2D eigenvalue weighted by molar-refractivity contribution is 5.97. The Hall–Kier alpha value is -2.45. The van der Waals surface area contributed by atoms with Crippen LogP contribution in [-0.4, -0.2) is 91.3 Å². The lowest BCUT2D eigenvalue weighted by atomic mass is 10.1. The van der Waals surface area contributed by atoms with Gasteiger partial charge in [-0.15, -0.1) is 0 Å². The lowest BCUT2D eigenvalue weighted by molar-refractivity contribution is -0.145. The fourth-order valence-corrected chi connectivity index (χ4v) is 3.71. The maximum Gasteiger partial charge on any atom is 0.243 e. The van der Waals surface area contributed by atoms with Crippen LogP contribution in [0.4, 0.5) is 5.69 Å². The van der Waals surface area contributed by atoms with Crippen molar-refractivity contribution < 1.29 is 14.4 Å². The van der Waals surface area contributed by atoms with Gasteiger partial charge in [-0.3, -0.25) is 19.3 Å². The number of anilines is 1. The first-order chi connectivity index (χ1) is 13.8. The standard InChI is InChI=1S/C21H31N5O3/c1-15-4-5-17(12-16(15)2)23-19(27)13-18-21(29)22-6-7-26(18)20(28)14-25-10-8-24(3)9-11-25/h4-5,12,18H,6-11,13-14H2,1-3H3,(H,22,29)(H,23,27)/t18-/m0/s1. The summed E-state index contributed by atoms with van der Waals surface area (Å²) in [5.41, 5.74) is 2.93. The van der Waals surface area contributed by atoms with Crippen LogP contribution in [0.5, 0.6) is 0 Å². The molecule has 2 N–H and O–H groups in total. The second kappa shape index (κ2) is 9.37. The molecule has 2 fully saturated rings. The van der Waals surface area contributed by atoms with Crippen molar-refractivity contribution in [3.05, 3.63) is 29.3 Å². The van der Waals surface area contributed by atoms with Gasteiger partial charge >= 0.3 is 0 Å². The largest absolute Gasteiger partial charge is 0.353 e. The van der Waals surface area contributed by atoms with E-state index < -0.39 is 6.04 Å². The van der Waals surface area contributed by atoms with Gasteiger partial charge < -0.3 is 20.4 Å². The minimum absolute atomic E-state index is 0.0484. The third-order valence-electron chi connectivity index (χ3n) is 5.78. The molecule has 158 valence electrons. The molecular weight excluding hydrogens is 370 g/mol. The summed E-state index contributed by atoms with van der Waals surface area (Å²) in [5.74, 6) is -0.626. The molecule has 8 heteroatoms. The summed E-state index contributed by atoms with van der Waals surface area (Å²) >= 11 is 0. The van der Waals surface area contributed by atoms with E-state index in [1.807, 2.05) is 32.0 Å². The molecule has 29 heavy (non-hydrogen) atoms. The molecule has 2 saturated heterocycles. The Balaban J connectivity index is 1.61. The van der Waals surface area contributed by atoms with Crippen LogP contribution >= 0.6 is 0 Å². The molecule has 0 unspecified atom stereocenters. The Morgan fingerprint density at radius 2 is 1.83 bits per heavy atom. The van der Waals surface area contributed by atoms with Crippen molar-refractivity contribution in [2.24, 2.45) is 0 Å². The molecule has 0 aliphatic carbocycles. The lowest BCUT2D eigenvalue weighted by Crippen LogP contribution is -2.60. The second-order valence-electron chi connectivity index (χ2n) is 8.02. The lowest BCUT2D eigenvalue weighted by Gasteiger charge is -2.37. The molecule has 0 bridgehead atoms. The summed E-state index contributed by atoms with van der Waals surface area (Å²) in [6, 6.07) is 4.93. The van der Waals surface area contributed by atoms with Gasteiger partial charge in [-0.1, -0.05) is 6.07 Å². The number of hydrogen-bond acceptors (Lipinski definition) is 5. The van der Waals surface area contributed by atoms with Gasteiger partial charge in [-0.25, -0.2) is 0 Å². The molecule has 8 nitrogen and oxygen atoms in total. The van der Waals surface area contributed by atoms with Gasteiger partial charge in [0, 0.05) is 45.0 Å². The number of carbonyl (C=O) groups is 3. The van der Waals surface area contributed by atoms with E-state index in [9.17, 15) is 14.4 Å². The van der Waals surface area contributed by atoms with E-state index in [2.05, 4.69) is 27.5 Å². The Kier molecular flexibility index (Phi) is 6.87.